The first-order chi connectivity index (χ1) is 9.58. The third-order valence-electron chi connectivity index (χ3n) is 2.70. The van der Waals surface area contributed by atoms with Crippen LogP contribution in [0.3, 0.4) is 0 Å². The monoisotopic (exact) mass is 276 g/mol. The van der Waals surface area contributed by atoms with Gasteiger partial charge in [0.2, 0.25) is 5.69 Å². The van der Waals surface area contributed by atoms with Gasteiger partial charge < -0.3 is 14.9 Å². The van der Waals surface area contributed by atoms with E-state index in [1.807, 2.05) is 30.3 Å². The molecule has 106 valence electrons. The molecular weight excluding hydrogens is 260 g/mol. The number of benzene rings is 1. The van der Waals surface area contributed by atoms with Crippen molar-refractivity contribution >= 4 is 5.97 Å². The van der Waals surface area contributed by atoms with Crippen LogP contribution in [0.15, 0.2) is 36.5 Å². The Morgan fingerprint density at radius 1 is 1.40 bits per heavy atom. The number of para-hydroxylation sites is 1. The fourth-order valence-electron chi connectivity index (χ4n) is 1.66. The maximum atomic E-state index is 11.2. The molecule has 0 bridgehead atoms. The van der Waals surface area contributed by atoms with Gasteiger partial charge in [-0.1, -0.05) is 18.2 Å². The molecule has 1 aromatic heterocycles. The Hall–Kier alpha value is -2.34. The molecular formula is C14H16N2O4. The van der Waals surface area contributed by atoms with Crippen molar-refractivity contribution in [3.8, 4) is 11.4 Å². The molecule has 2 rings (SSSR count). The number of aromatic carboxylic acids is 1. The van der Waals surface area contributed by atoms with Gasteiger partial charge in [0, 0.05) is 6.42 Å². The Bertz CT molecular complexity index is 578. The largest absolute Gasteiger partial charge is 0.489 e. The van der Waals surface area contributed by atoms with Crippen molar-refractivity contribution in [3.63, 3.8) is 0 Å². The van der Waals surface area contributed by atoms with E-state index in [-0.39, 0.29) is 18.1 Å². The first-order valence-electron chi connectivity index (χ1n) is 6.27. The molecule has 0 fully saturated rings. The number of aliphatic hydroxyl groups excluding tert-OH is 1. The van der Waals surface area contributed by atoms with Crippen LogP contribution in [0.4, 0.5) is 0 Å². The van der Waals surface area contributed by atoms with E-state index in [0.29, 0.717) is 6.42 Å². The van der Waals surface area contributed by atoms with Crippen molar-refractivity contribution in [2.24, 2.45) is 0 Å². The quantitative estimate of drug-likeness (QED) is 0.839. The van der Waals surface area contributed by atoms with Crippen molar-refractivity contribution in [1.29, 1.82) is 0 Å². The van der Waals surface area contributed by atoms with Crippen LogP contribution in [0.5, 0.6) is 5.75 Å². The zero-order valence-electron chi connectivity index (χ0n) is 11.1. The lowest BCUT2D eigenvalue weighted by molar-refractivity contribution is 0.0684. The van der Waals surface area contributed by atoms with Gasteiger partial charge in [0.15, 0.2) is 5.75 Å². The minimum absolute atomic E-state index is 0.139. The van der Waals surface area contributed by atoms with Crippen LogP contribution in [-0.4, -0.2) is 38.7 Å². The summed E-state index contributed by atoms with van der Waals surface area (Å²) in [6, 6.07) is 9.18. The number of hydrogen-bond donors (Lipinski definition) is 2. The Morgan fingerprint density at radius 2 is 2.10 bits per heavy atom. The predicted molar refractivity (Wildman–Crippen MR) is 72.3 cm³/mol. The van der Waals surface area contributed by atoms with E-state index in [2.05, 4.69) is 5.10 Å². The maximum absolute atomic E-state index is 11.2. The fourth-order valence-corrected chi connectivity index (χ4v) is 1.66. The van der Waals surface area contributed by atoms with Crippen molar-refractivity contribution in [3.05, 3.63) is 42.2 Å². The van der Waals surface area contributed by atoms with Crippen molar-refractivity contribution < 1.29 is 19.7 Å². The normalized spacial score (nSPS) is 12.1. The number of hydrogen-bond acceptors (Lipinski definition) is 4. The molecule has 0 aliphatic heterocycles. The van der Waals surface area contributed by atoms with Crippen LogP contribution < -0.4 is 4.74 Å². The first-order valence-corrected chi connectivity index (χ1v) is 6.27. The predicted octanol–water partition coefficient (Wildman–Crippen LogP) is 1.72. The Labute approximate surface area is 116 Å². The maximum Gasteiger partial charge on any atom is 0.360 e. The molecule has 2 N–H and O–H groups in total. The molecule has 0 aliphatic rings. The van der Waals surface area contributed by atoms with Gasteiger partial charge in [-0.15, -0.1) is 0 Å². The molecule has 0 aliphatic carbocycles. The molecule has 20 heavy (non-hydrogen) atoms. The average Bonchev–Trinajstić information content (AvgIpc) is 2.84. The zero-order chi connectivity index (χ0) is 14.5. The van der Waals surface area contributed by atoms with Crippen LogP contribution in [0.2, 0.25) is 0 Å². The van der Waals surface area contributed by atoms with Gasteiger partial charge in [0.1, 0.15) is 0 Å². The van der Waals surface area contributed by atoms with E-state index in [4.69, 9.17) is 9.84 Å². The van der Waals surface area contributed by atoms with Gasteiger partial charge in [0.25, 0.3) is 0 Å². The number of aliphatic hydroxyl groups is 1. The molecule has 0 amide bonds. The second-order valence-electron chi connectivity index (χ2n) is 4.41. The molecule has 0 saturated heterocycles. The lowest BCUT2D eigenvalue weighted by Crippen LogP contribution is -2.09. The highest BCUT2D eigenvalue weighted by Crippen LogP contribution is 2.20. The number of carbonyl (C=O) groups is 1. The zero-order valence-corrected chi connectivity index (χ0v) is 11.1. The Morgan fingerprint density at radius 3 is 2.70 bits per heavy atom. The van der Waals surface area contributed by atoms with Gasteiger partial charge in [-0.25, -0.2) is 9.48 Å². The number of ether oxygens (including phenoxy) is 1. The topological polar surface area (TPSA) is 84.6 Å². The van der Waals surface area contributed by atoms with Crippen LogP contribution in [0.1, 0.15) is 23.8 Å². The van der Waals surface area contributed by atoms with Gasteiger partial charge in [-0.2, -0.15) is 5.10 Å². The number of carboxylic acid groups (broad SMARTS) is 1. The second kappa shape index (κ2) is 6.21. The summed E-state index contributed by atoms with van der Waals surface area (Å²) in [5.41, 5.74) is 0.611. The number of rotatable bonds is 6. The minimum Gasteiger partial charge on any atom is -0.489 e. The molecule has 6 nitrogen and oxygen atoms in total. The molecule has 0 radical (unpaired) electrons. The molecule has 6 heteroatoms. The van der Waals surface area contributed by atoms with Crippen LogP contribution >= 0.6 is 0 Å². The highest BCUT2D eigenvalue weighted by Gasteiger charge is 2.18. The van der Waals surface area contributed by atoms with Crippen molar-refractivity contribution in [2.75, 3.05) is 6.61 Å². The SMILES string of the molecule is CC(O)CCOc1cn(-c2ccccc2)nc1C(=O)O. The average molecular weight is 276 g/mol. The van der Waals surface area contributed by atoms with E-state index in [9.17, 15) is 9.90 Å². The van der Waals surface area contributed by atoms with Gasteiger partial charge in [0.05, 0.1) is 24.6 Å². The van der Waals surface area contributed by atoms with E-state index >= 15 is 0 Å². The smallest absolute Gasteiger partial charge is 0.360 e. The number of nitrogens with zero attached hydrogens (tertiary/aromatic N) is 2. The Kier molecular flexibility index (Phi) is 4.37. The van der Waals surface area contributed by atoms with Crippen molar-refractivity contribution in [2.45, 2.75) is 19.4 Å². The number of carboxylic acids is 1. The highest BCUT2D eigenvalue weighted by molar-refractivity contribution is 5.88. The highest BCUT2D eigenvalue weighted by atomic mass is 16.5. The number of aromatic nitrogens is 2. The third kappa shape index (κ3) is 3.36. The lowest BCUT2D eigenvalue weighted by atomic mass is 10.3. The van der Waals surface area contributed by atoms with Gasteiger partial charge in [-0.3, -0.25) is 0 Å². The van der Waals surface area contributed by atoms with E-state index in [1.54, 1.807) is 6.92 Å². The standard InChI is InChI=1S/C14H16N2O4/c1-10(17)7-8-20-12-9-16(15-13(12)14(18)19)11-5-3-2-4-6-11/h2-6,9-10,17H,7-8H2,1H3,(H,18,19). The fraction of sp³-hybridized carbons (Fsp3) is 0.286. The van der Waals surface area contributed by atoms with Crippen LogP contribution in [0.25, 0.3) is 5.69 Å². The minimum atomic E-state index is -1.15. The molecule has 1 heterocycles. The van der Waals surface area contributed by atoms with E-state index < -0.39 is 12.1 Å². The Balaban J connectivity index is 2.22. The second-order valence-corrected chi connectivity index (χ2v) is 4.41. The molecule has 1 unspecified atom stereocenters. The summed E-state index contributed by atoms with van der Waals surface area (Å²) in [5, 5.41) is 22.3. The molecule has 0 saturated carbocycles. The summed E-state index contributed by atoms with van der Waals surface area (Å²) in [5.74, 6) is -0.950. The van der Waals surface area contributed by atoms with Gasteiger partial charge in [-0.05, 0) is 19.1 Å². The van der Waals surface area contributed by atoms with Crippen LogP contribution in [-0.2, 0) is 0 Å². The summed E-state index contributed by atoms with van der Waals surface area (Å²) in [4.78, 5) is 11.2. The van der Waals surface area contributed by atoms with E-state index in [1.165, 1.54) is 10.9 Å². The summed E-state index contributed by atoms with van der Waals surface area (Å²) >= 11 is 0. The summed E-state index contributed by atoms with van der Waals surface area (Å²) in [6.45, 7) is 1.88. The first kappa shape index (κ1) is 14.1. The molecule has 2 aromatic rings. The van der Waals surface area contributed by atoms with Crippen LogP contribution in [0, 0.1) is 0 Å². The summed E-state index contributed by atoms with van der Waals surface area (Å²) in [7, 11) is 0. The van der Waals surface area contributed by atoms with E-state index in [0.717, 1.165) is 5.69 Å². The van der Waals surface area contributed by atoms with Gasteiger partial charge >= 0.3 is 5.97 Å². The summed E-state index contributed by atoms with van der Waals surface area (Å²) < 4.78 is 6.85. The molecule has 0 spiro atoms. The summed E-state index contributed by atoms with van der Waals surface area (Å²) in [6.07, 6.45) is 1.46. The third-order valence-corrected chi connectivity index (χ3v) is 2.70. The molecule has 1 atom stereocenters. The van der Waals surface area contributed by atoms with Crippen molar-refractivity contribution in [1.82, 2.24) is 9.78 Å². The molecule has 1 aromatic carbocycles. The lowest BCUT2D eigenvalue weighted by Gasteiger charge is -2.05.